The average Bonchev–Trinajstić information content (AvgIpc) is 2.79. The summed E-state index contributed by atoms with van der Waals surface area (Å²) in [7, 11) is 0. The summed E-state index contributed by atoms with van der Waals surface area (Å²) in [5.74, 6) is -0.365. The fraction of sp³-hybridized carbons (Fsp3) is 0.611. The number of pyridine rings is 1. The van der Waals surface area contributed by atoms with E-state index in [0.717, 1.165) is 12.8 Å². The normalized spacial score (nSPS) is 25.0. The average molecular weight is 362 g/mol. The maximum atomic E-state index is 12.5. The van der Waals surface area contributed by atoms with Crippen molar-refractivity contribution in [1.82, 2.24) is 9.88 Å². The zero-order chi connectivity index (χ0) is 19.1. The van der Waals surface area contributed by atoms with Gasteiger partial charge in [-0.1, -0.05) is 0 Å². The van der Waals surface area contributed by atoms with Crippen LogP contribution in [0.3, 0.4) is 0 Å². The van der Waals surface area contributed by atoms with E-state index >= 15 is 0 Å². The number of anilines is 1. The molecule has 2 fully saturated rings. The standard InChI is InChI=1S/C18H26N4O4/c1-18(2,3)26-17(24)22-10-4-5-11(22)9-12(8-10)25-14-7-6-13(19)15(21-14)16(20)23/h6-7,10-12H,4-5,8-9,19H2,1-3H3,(H2,20,23). The lowest BCUT2D eigenvalue weighted by atomic mass is 10.0. The van der Waals surface area contributed by atoms with Crippen molar-refractivity contribution in [1.29, 1.82) is 0 Å². The van der Waals surface area contributed by atoms with Crippen LogP contribution in [0.1, 0.15) is 56.9 Å². The lowest BCUT2D eigenvalue weighted by Gasteiger charge is -2.39. The summed E-state index contributed by atoms with van der Waals surface area (Å²) >= 11 is 0. The highest BCUT2D eigenvalue weighted by Crippen LogP contribution is 2.38. The number of amides is 2. The van der Waals surface area contributed by atoms with Crippen LogP contribution in [0.2, 0.25) is 0 Å². The first-order valence-corrected chi connectivity index (χ1v) is 8.88. The second kappa shape index (κ2) is 6.66. The third kappa shape index (κ3) is 3.84. The van der Waals surface area contributed by atoms with E-state index < -0.39 is 11.5 Å². The molecule has 0 aromatic carbocycles. The van der Waals surface area contributed by atoms with Crippen LogP contribution >= 0.6 is 0 Å². The minimum atomic E-state index is -0.687. The van der Waals surface area contributed by atoms with Gasteiger partial charge in [-0.3, -0.25) is 4.79 Å². The van der Waals surface area contributed by atoms with Gasteiger partial charge in [0.15, 0.2) is 5.69 Å². The first-order valence-electron chi connectivity index (χ1n) is 8.88. The van der Waals surface area contributed by atoms with Crippen molar-refractivity contribution in [3.8, 4) is 5.88 Å². The Labute approximate surface area is 152 Å². The molecule has 8 heteroatoms. The summed E-state index contributed by atoms with van der Waals surface area (Å²) in [5.41, 5.74) is 10.7. The number of nitrogens with two attached hydrogens (primary N) is 2. The van der Waals surface area contributed by atoms with E-state index in [1.165, 1.54) is 0 Å². The van der Waals surface area contributed by atoms with Crippen LogP contribution in [0.25, 0.3) is 0 Å². The van der Waals surface area contributed by atoms with Crippen LogP contribution in [0.15, 0.2) is 12.1 Å². The highest BCUT2D eigenvalue weighted by Gasteiger charge is 2.45. The van der Waals surface area contributed by atoms with E-state index in [4.69, 9.17) is 20.9 Å². The van der Waals surface area contributed by atoms with E-state index in [1.54, 1.807) is 12.1 Å². The quantitative estimate of drug-likeness (QED) is 0.849. The number of carbonyl (C=O) groups excluding carboxylic acids is 2. The minimum Gasteiger partial charge on any atom is -0.474 e. The van der Waals surface area contributed by atoms with Crippen LogP contribution < -0.4 is 16.2 Å². The molecule has 2 aliphatic rings. The first kappa shape index (κ1) is 18.3. The summed E-state index contributed by atoms with van der Waals surface area (Å²) in [4.78, 5) is 29.8. The lowest BCUT2D eigenvalue weighted by molar-refractivity contribution is -0.00763. The Bertz CT molecular complexity index is 702. The molecule has 8 nitrogen and oxygen atoms in total. The van der Waals surface area contributed by atoms with Gasteiger partial charge in [-0.05, 0) is 39.7 Å². The maximum absolute atomic E-state index is 12.5. The van der Waals surface area contributed by atoms with Gasteiger partial charge in [-0.2, -0.15) is 0 Å². The Kier molecular flexibility index (Phi) is 4.68. The van der Waals surface area contributed by atoms with Gasteiger partial charge in [0.25, 0.3) is 5.91 Å². The van der Waals surface area contributed by atoms with Crippen molar-refractivity contribution in [2.24, 2.45) is 5.73 Å². The number of aromatic nitrogens is 1. The number of nitrogen functional groups attached to an aromatic ring is 1. The second-order valence-corrected chi connectivity index (χ2v) is 7.94. The number of hydrogen-bond acceptors (Lipinski definition) is 6. The molecule has 3 rings (SSSR count). The number of primary amides is 1. The minimum absolute atomic E-state index is 0.0108. The highest BCUT2D eigenvalue weighted by molar-refractivity contribution is 5.95. The number of ether oxygens (including phenoxy) is 2. The fourth-order valence-electron chi connectivity index (χ4n) is 3.72. The summed E-state index contributed by atoms with van der Waals surface area (Å²) in [6.07, 6.45) is 2.94. The summed E-state index contributed by atoms with van der Waals surface area (Å²) in [5, 5.41) is 0. The Hall–Kier alpha value is -2.51. The molecule has 2 amide bonds. The summed E-state index contributed by atoms with van der Waals surface area (Å²) in [6.45, 7) is 5.60. The molecule has 1 aromatic rings. The first-order chi connectivity index (χ1) is 12.1. The SMILES string of the molecule is CC(C)(C)OC(=O)N1C2CCC1CC(Oc1ccc(N)c(C(N)=O)n1)C2. The van der Waals surface area contributed by atoms with Crippen molar-refractivity contribution in [2.75, 3.05) is 5.73 Å². The maximum Gasteiger partial charge on any atom is 0.410 e. The predicted molar refractivity (Wildman–Crippen MR) is 95.7 cm³/mol. The molecule has 142 valence electrons. The number of hydrogen-bond donors (Lipinski definition) is 2. The van der Waals surface area contributed by atoms with Crippen molar-refractivity contribution in [2.45, 2.75) is 70.2 Å². The van der Waals surface area contributed by atoms with Crippen molar-refractivity contribution < 1.29 is 19.1 Å². The molecule has 2 aliphatic heterocycles. The summed E-state index contributed by atoms with van der Waals surface area (Å²) < 4.78 is 11.5. The molecule has 2 atom stereocenters. The largest absolute Gasteiger partial charge is 0.474 e. The van der Waals surface area contributed by atoms with E-state index in [0.29, 0.717) is 18.7 Å². The van der Waals surface area contributed by atoms with E-state index in [-0.39, 0.29) is 35.7 Å². The molecule has 0 saturated carbocycles. The third-order valence-electron chi connectivity index (χ3n) is 4.72. The van der Waals surface area contributed by atoms with Gasteiger partial charge in [-0.25, -0.2) is 9.78 Å². The van der Waals surface area contributed by atoms with E-state index in [1.807, 2.05) is 25.7 Å². The molecule has 3 heterocycles. The molecule has 2 saturated heterocycles. The molecular weight excluding hydrogens is 336 g/mol. The molecule has 2 bridgehead atoms. The monoisotopic (exact) mass is 362 g/mol. The fourth-order valence-corrected chi connectivity index (χ4v) is 3.72. The Morgan fingerprint density at radius 3 is 2.35 bits per heavy atom. The number of rotatable bonds is 3. The second-order valence-electron chi connectivity index (χ2n) is 7.94. The third-order valence-corrected chi connectivity index (χ3v) is 4.72. The number of carbonyl (C=O) groups is 2. The van der Waals surface area contributed by atoms with Gasteiger partial charge in [0.1, 0.15) is 11.7 Å². The van der Waals surface area contributed by atoms with Crippen LogP contribution in [0.4, 0.5) is 10.5 Å². The predicted octanol–water partition coefficient (Wildman–Crippen LogP) is 2.07. The van der Waals surface area contributed by atoms with Gasteiger partial charge < -0.3 is 25.8 Å². The lowest BCUT2D eigenvalue weighted by Crippen LogP contribution is -2.50. The number of nitrogens with zero attached hydrogens (tertiary/aromatic N) is 2. The van der Waals surface area contributed by atoms with Gasteiger partial charge in [0, 0.05) is 31.0 Å². The number of piperidine rings is 1. The van der Waals surface area contributed by atoms with Gasteiger partial charge >= 0.3 is 6.09 Å². The molecule has 0 aliphatic carbocycles. The Balaban J connectivity index is 1.67. The molecule has 1 aromatic heterocycles. The van der Waals surface area contributed by atoms with Gasteiger partial charge in [-0.15, -0.1) is 0 Å². The van der Waals surface area contributed by atoms with Crippen molar-refractivity contribution >= 4 is 17.7 Å². The van der Waals surface area contributed by atoms with Crippen LogP contribution in [-0.2, 0) is 4.74 Å². The zero-order valence-electron chi connectivity index (χ0n) is 15.4. The van der Waals surface area contributed by atoms with Crippen molar-refractivity contribution in [3.05, 3.63) is 17.8 Å². The van der Waals surface area contributed by atoms with Crippen LogP contribution in [0.5, 0.6) is 5.88 Å². The van der Waals surface area contributed by atoms with E-state index in [9.17, 15) is 9.59 Å². The highest BCUT2D eigenvalue weighted by atomic mass is 16.6. The van der Waals surface area contributed by atoms with Crippen molar-refractivity contribution in [3.63, 3.8) is 0 Å². The molecule has 0 spiro atoms. The van der Waals surface area contributed by atoms with E-state index in [2.05, 4.69) is 4.98 Å². The topological polar surface area (TPSA) is 121 Å². The molecule has 2 unspecified atom stereocenters. The molecule has 0 radical (unpaired) electrons. The molecular formula is C18H26N4O4. The smallest absolute Gasteiger partial charge is 0.410 e. The molecule has 26 heavy (non-hydrogen) atoms. The van der Waals surface area contributed by atoms with Gasteiger partial charge in [0.05, 0.1) is 5.69 Å². The van der Waals surface area contributed by atoms with Gasteiger partial charge in [0.2, 0.25) is 5.88 Å². The zero-order valence-corrected chi connectivity index (χ0v) is 15.4. The van der Waals surface area contributed by atoms with Crippen LogP contribution in [0, 0.1) is 0 Å². The summed E-state index contributed by atoms with van der Waals surface area (Å²) in [6, 6.07) is 3.38. The Morgan fingerprint density at radius 1 is 1.19 bits per heavy atom. The number of fused-ring (bicyclic) bond motifs is 2. The molecule has 4 N–H and O–H groups in total. The Morgan fingerprint density at radius 2 is 1.81 bits per heavy atom. The van der Waals surface area contributed by atoms with Crippen LogP contribution in [-0.4, -0.2) is 45.7 Å².